The molecule has 1 atom stereocenters. The Bertz CT molecular complexity index is 349. The Kier molecular flexibility index (Phi) is 3.36. The Morgan fingerprint density at radius 2 is 2.25 bits per heavy atom. The van der Waals surface area contributed by atoms with Crippen molar-refractivity contribution in [1.29, 1.82) is 0 Å². The van der Waals surface area contributed by atoms with E-state index in [4.69, 9.17) is 0 Å². The van der Waals surface area contributed by atoms with Gasteiger partial charge in [-0.2, -0.15) is 0 Å². The van der Waals surface area contributed by atoms with Crippen LogP contribution in [0.15, 0.2) is 5.38 Å². The first kappa shape index (κ1) is 12.1. The molecule has 1 aromatic rings. The van der Waals surface area contributed by atoms with Gasteiger partial charge in [0.25, 0.3) is 0 Å². The van der Waals surface area contributed by atoms with Gasteiger partial charge in [-0.1, -0.05) is 13.8 Å². The summed E-state index contributed by atoms with van der Waals surface area (Å²) < 4.78 is 0. The third-order valence-electron chi connectivity index (χ3n) is 3.01. The molecule has 0 spiro atoms. The zero-order valence-corrected chi connectivity index (χ0v) is 11.5. The van der Waals surface area contributed by atoms with Gasteiger partial charge in [0, 0.05) is 17.1 Å². The largest absolute Gasteiger partial charge is 0.303 e. The molecule has 3 heteroatoms. The highest BCUT2D eigenvalue weighted by molar-refractivity contribution is 7.09. The van der Waals surface area contributed by atoms with Crippen LogP contribution in [0, 0.1) is 12.8 Å². The highest BCUT2D eigenvalue weighted by Gasteiger charge is 2.36. The third kappa shape index (κ3) is 2.83. The molecule has 0 amide bonds. The van der Waals surface area contributed by atoms with E-state index in [9.17, 15) is 0 Å². The zero-order valence-electron chi connectivity index (χ0n) is 10.7. The fraction of sp³-hybridized carbons (Fsp3) is 0.769. The Labute approximate surface area is 102 Å². The summed E-state index contributed by atoms with van der Waals surface area (Å²) in [7, 11) is 0. The van der Waals surface area contributed by atoms with Crippen molar-refractivity contribution in [3.05, 3.63) is 16.1 Å². The molecule has 16 heavy (non-hydrogen) atoms. The molecule has 1 fully saturated rings. The Balaban J connectivity index is 2.17. The van der Waals surface area contributed by atoms with Gasteiger partial charge >= 0.3 is 0 Å². The van der Waals surface area contributed by atoms with Crippen molar-refractivity contribution in [2.75, 3.05) is 0 Å². The highest BCUT2D eigenvalue weighted by Crippen LogP contribution is 2.34. The van der Waals surface area contributed by atoms with Gasteiger partial charge in [-0.15, -0.1) is 11.3 Å². The quantitative estimate of drug-likeness (QED) is 0.849. The second-order valence-corrected chi connectivity index (χ2v) is 6.50. The summed E-state index contributed by atoms with van der Waals surface area (Å²) in [4.78, 5) is 4.67. The van der Waals surface area contributed by atoms with Crippen LogP contribution in [0.3, 0.4) is 0 Å². The van der Waals surface area contributed by atoms with Gasteiger partial charge in [-0.05, 0) is 39.0 Å². The molecule has 0 saturated heterocycles. The minimum atomic E-state index is 0.0776. The number of rotatable bonds is 5. The summed E-state index contributed by atoms with van der Waals surface area (Å²) in [5.74, 6) is 0.695. The van der Waals surface area contributed by atoms with E-state index in [0.29, 0.717) is 5.92 Å². The summed E-state index contributed by atoms with van der Waals surface area (Å²) in [6.45, 7) is 8.96. The second kappa shape index (κ2) is 4.46. The lowest BCUT2D eigenvalue weighted by molar-refractivity contribution is 0.293. The average molecular weight is 238 g/mol. The van der Waals surface area contributed by atoms with Crippen LogP contribution < -0.4 is 5.32 Å². The standard InChI is InChI=1S/C13H22N2S/c1-9(2)7-13(4,15-11-5-6-11)12-14-10(3)8-16-12/h8-9,11,15H,5-7H2,1-4H3. The van der Waals surface area contributed by atoms with Crippen molar-refractivity contribution < 1.29 is 0 Å². The highest BCUT2D eigenvalue weighted by atomic mass is 32.1. The van der Waals surface area contributed by atoms with E-state index >= 15 is 0 Å². The van der Waals surface area contributed by atoms with Gasteiger partial charge in [-0.3, -0.25) is 0 Å². The Morgan fingerprint density at radius 3 is 2.69 bits per heavy atom. The SMILES string of the molecule is Cc1csc(C(C)(CC(C)C)NC2CC2)n1. The van der Waals surface area contributed by atoms with Crippen molar-refractivity contribution >= 4 is 11.3 Å². The minimum Gasteiger partial charge on any atom is -0.303 e. The molecule has 1 N–H and O–H groups in total. The molecule has 2 rings (SSSR count). The van der Waals surface area contributed by atoms with Crippen molar-refractivity contribution in [3.8, 4) is 0 Å². The molecule has 1 aliphatic rings. The Hall–Kier alpha value is -0.410. The summed E-state index contributed by atoms with van der Waals surface area (Å²) >= 11 is 1.79. The third-order valence-corrected chi connectivity index (χ3v) is 4.23. The first-order valence-corrected chi connectivity index (χ1v) is 7.08. The van der Waals surface area contributed by atoms with Crippen LogP contribution >= 0.6 is 11.3 Å². The van der Waals surface area contributed by atoms with E-state index in [-0.39, 0.29) is 5.54 Å². The molecule has 1 heterocycles. The van der Waals surface area contributed by atoms with E-state index in [2.05, 4.69) is 43.4 Å². The van der Waals surface area contributed by atoms with Crippen molar-refractivity contribution in [1.82, 2.24) is 10.3 Å². The maximum Gasteiger partial charge on any atom is 0.113 e. The maximum atomic E-state index is 4.67. The van der Waals surface area contributed by atoms with Crippen LogP contribution in [-0.2, 0) is 5.54 Å². The van der Waals surface area contributed by atoms with Crippen LogP contribution in [0.25, 0.3) is 0 Å². The monoisotopic (exact) mass is 238 g/mol. The number of aryl methyl sites for hydroxylation is 1. The summed E-state index contributed by atoms with van der Waals surface area (Å²) in [5, 5.41) is 7.19. The van der Waals surface area contributed by atoms with Gasteiger partial charge in [0.15, 0.2) is 0 Å². The predicted octanol–water partition coefficient (Wildman–Crippen LogP) is 3.46. The lowest BCUT2D eigenvalue weighted by Crippen LogP contribution is -2.42. The summed E-state index contributed by atoms with van der Waals surface area (Å²) in [5.41, 5.74) is 1.22. The first-order valence-electron chi connectivity index (χ1n) is 6.20. The van der Waals surface area contributed by atoms with Gasteiger partial charge in [0.2, 0.25) is 0 Å². The molecular formula is C13H22N2S. The molecule has 1 aliphatic carbocycles. The summed E-state index contributed by atoms with van der Waals surface area (Å²) in [6, 6.07) is 0.730. The van der Waals surface area contributed by atoms with Gasteiger partial charge < -0.3 is 5.32 Å². The fourth-order valence-corrected chi connectivity index (χ4v) is 3.24. The van der Waals surface area contributed by atoms with Crippen molar-refractivity contribution in [3.63, 3.8) is 0 Å². The van der Waals surface area contributed by atoms with Gasteiger partial charge in [0.05, 0.1) is 5.54 Å². The van der Waals surface area contributed by atoms with Crippen LogP contribution in [0.4, 0.5) is 0 Å². The van der Waals surface area contributed by atoms with E-state index in [0.717, 1.165) is 18.2 Å². The molecule has 0 aliphatic heterocycles. The number of aromatic nitrogens is 1. The normalized spacial score (nSPS) is 20.1. The number of hydrogen-bond donors (Lipinski definition) is 1. The average Bonchev–Trinajstić information content (AvgIpc) is 2.83. The van der Waals surface area contributed by atoms with Gasteiger partial charge in [-0.25, -0.2) is 4.98 Å². The lowest BCUT2D eigenvalue weighted by atomic mass is 9.91. The number of nitrogens with zero attached hydrogens (tertiary/aromatic N) is 1. The van der Waals surface area contributed by atoms with Crippen LogP contribution in [0.1, 0.15) is 50.7 Å². The predicted molar refractivity (Wildman–Crippen MR) is 69.8 cm³/mol. The Morgan fingerprint density at radius 1 is 1.56 bits per heavy atom. The van der Waals surface area contributed by atoms with E-state index in [1.807, 2.05) is 0 Å². The topological polar surface area (TPSA) is 24.9 Å². The molecule has 0 aromatic carbocycles. The van der Waals surface area contributed by atoms with Crippen LogP contribution in [0.2, 0.25) is 0 Å². The number of hydrogen-bond acceptors (Lipinski definition) is 3. The smallest absolute Gasteiger partial charge is 0.113 e. The molecule has 0 radical (unpaired) electrons. The molecule has 90 valence electrons. The van der Waals surface area contributed by atoms with Crippen LogP contribution in [0.5, 0.6) is 0 Å². The molecule has 1 unspecified atom stereocenters. The summed E-state index contributed by atoms with van der Waals surface area (Å²) in [6.07, 6.45) is 3.83. The van der Waals surface area contributed by atoms with Crippen molar-refractivity contribution in [2.45, 2.75) is 58.5 Å². The van der Waals surface area contributed by atoms with E-state index in [1.165, 1.54) is 17.8 Å². The fourth-order valence-electron chi connectivity index (χ4n) is 2.31. The maximum absolute atomic E-state index is 4.67. The van der Waals surface area contributed by atoms with E-state index in [1.54, 1.807) is 11.3 Å². The second-order valence-electron chi connectivity index (χ2n) is 5.64. The number of nitrogens with one attached hydrogen (secondary N) is 1. The minimum absolute atomic E-state index is 0.0776. The molecule has 2 nitrogen and oxygen atoms in total. The van der Waals surface area contributed by atoms with Crippen LogP contribution in [-0.4, -0.2) is 11.0 Å². The van der Waals surface area contributed by atoms with E-state index < -0.39 is 0 Å². The molecule has 1 saturated carbocycles. The van der Waals surface area contributed by atoms with Gasteiger partial charge in [0.1, 0.15) is 5.01 Å². The number of thiazole rings is 1. The first-order chi connectivity index (χ1) is 7.49. The molecular weight excluding hydrogens is 216 g/mol. The molecule has 1 aromatic heterocycles. The zero-order chi connectivity index (χ0) is 11.8. The van der Waals surface area contributed by atoms with Crippen molar-refractivity contribution in [2.24, 2.45) is 5.92 Å². The molecule has 0 bridgehead atoms. The lowest BCUT2D eigenvalue weighted by Gasteiger charge is -2.31.